The summed E-state index contributed by atoms with van der Waals surface area (Å²) in [5, 5.41) is 9.75. The van der Waals surface area contributed by atoms with Crippen molar-refractivity contribution in [1.29, 1.82) is 5.41 Å². The van der Waals surface area contributed by atoms with Gasteiger partial charge >= 0.3 is 6.18 Å². The van der Waals surface area contributed by atoms with Crippen molar-refractivity contribution >= 4 is 17.7 Å². The number of thioether (sulfide) groups is 1. The molecule has 264 valence electrons. The molecule has 1 aromatic heterocycles. The monoisotopic (exact) mass is 708 g/mol. The van der Waals surface area contributed by atoms with Crippen LogP contribution in [-0.4, -0.2) is 45.4 Å². The molecular weight excluding hydrogens is 668 g/mol. The average molecular weight is 709 g/mol. The van der Waals surface area contributed by atoms with E-state index in [0.29, 0.717) is 28.5 Å². The maximum absolute atomic E-state index is 14.6. The molecule has 6 rings (SSSR count). The van der Waals surface area contributed by atoms with Gasteiger partial charge in [-0.25, -0.2) is 8.78 Å². The number of rotatable bonds is 10. The van der Waals surface area contributed by atoms with Gasteiger partial charge in [-0.1, -0.05) is 48.5 Å². The van der Waals surface area contributed by atoms with Crippen molar-refractivity contribution in [1.82, 2.24) is 14.4 Å². The Labute approximate surface area is 293 Å². The highest BCUT2D eigenvalue weighted by atomic mass is 32.2. The highest BCUT2D eigenvalue weighted by molar-refractivity contribution is 7.98. The summed E-state index contributed by atoms with van der Waals surface area (Å²) in [6, 6.07) is 18.9. The number of fused-ring (bicyclic) bond motifs is 1. The molecule has 0 spiro atoms. The first-order valence-corrected chi connectivity index (χ1v) is 18.0. The van der Waals surface area contributed by atoms with Crippen LogP contribution >= 0.6 is 11.8 Å². The van der Waals surface area contributed by atoms with Crippen molar-refractivity contribution in [2.75, 3.05) is 13.1 Å². The Hall–Kier alpha value is -3.96. The zero-order valence-corrected chi connectivity index (χ0v) is 29.0. The number of carbonyl (C=O) groups is 1. The molecule has 0 unspecified atom stereocenters. The van der Waals surface area contributed by atoms with Crippen LogP contribution < -0.4 is 5.36 Å². The molecule has 1 aliphatic heterocycles. The second-order valence-corrected chi connectivity index (χ2v) is 14.4. The van der Waals surface area contributed by atoms with Crippen LogP contribution in [0.3, 0.4) is 0 Å². The Balaban J connectivity index is 1.27. The number of likely N-dealkylation sites (tertiary alicyclic amines) is 1. The molecule has 11 heteroatoms. The molecule has 50 heavy (non-hydrogen) atoms. The van der Waals surface area contributed by atoms with E-state index >= 15 is 0 Å². The van der Waals surface area contributed by atoms with Gasteiger partial charge in [-0.2, -0.15) is 13.2 Å². The van der Waals surface area contributed by atoms with Crippen LogP contribution in [0, 0.1) is 17.0 Å². The molecule has 1 N–H and O–H groups in total. The number of aromatic nitrogens is 1. The number of halogens is 5. The SMILES string of the molecule is CC(C)N1CCC(N(Cc2ccc(-c3ccc(C(F)(F)F)cc3)cc2)C(=O)Cn2c(SCc3cccc(F)c3F)cc(=N)c3c2CCC3)CC1. The highest BCUT2D eigenvalue weighted by Crippen LogP contribution is 2.32. The fraction of sp³-hybridized carbons (Fsp3) is 0.385. The lowest BCUT2D eigenvalue weighted by molar-refractivity contribution is -0.138. The Morgan fingerprint density at radius 1 is 0.960 bits per heavy atom. The first kappa shape index (κ1) is 35.9. The molecule has 2 aliphatic rings. The number of pyridine rings is 1. The molecule has 0 bridgehead atoms. The highest BCUT2D eigenvalue weighted by Gasteiger charge is 2.31. The molecule has 2 heterocycles. The van der Waals surface area contributed by atoms with Crippen LogP contribution in [0.1, 0.15) is 61.1 Å². The van der Waals surface area contributed by atoms with E-state index in [2.05, 4.69) is 18.7 Å². The van der Waals surface area contributed by atoms with E-state index in [1.807, 2.05) is 33.7 Å². The topological polar surface area (TPSA) is 52.3 Å². The normalized spacial score (nSPS) is 15.4. The number of hydrogen-bond acceptors (Lipinski definition) is 4. The predicted octanol–water partition coefficient (Wildman–Crippen LogP) is 8.61. The van der Waals surface area contributed by atoms with Crippen LogP contribution in [0.15, 0.2) is 77.8 Å². The molecule has 1 fully saturated rings. The fourth-order valence-electron chi connectivity index (χ4n) is 7.05. The van der Waals surface area contributed by atoms with Gasteiger partial charge in [-0.3, -0.25) is 4.79 Å². The van der Waals surface area contributed by atoms with Gasteiger partial charge in [0, 0.05) is 48.7 Å². The van der Waals surface area contributed by atoms with E-state index in [1.54, 1.807) is 12.1 Å². The Bertz CT molecular complexity index is 1880. The minimum Gasteiger partial charge on any atom is -0.334 e. The summed E-state index contributed by atoms with van der Waals surface area (Å²) in [5.41, 5.74) is 3.76. The number of benzene rings is 3. The van der Waals surface area contributed by atoms with Gasteiger partial charge in [0.05, 0.1) is 15.9 Å². The molecule has 5 nitrogen and oxygen atoms in total. The van der Waals surface area contributed by atoms with E-state index in [4.69, 9.17) is 5.41 Å². The third-order valence-electron chi connectivity index (χ3n) is 9.92. The molecule has 1 amide bonds. The van der Waals surface area contributed by atoms with Crippen molar-refractivity contribution in [3.63, 3.8) is 0 Å². The maximum atomic E-state index is 14.6. The summed E-state index contributed by atoms with van der Waals surface area (Å²) in [6.07, 6.45) is -0.385. The van der Waals surface area contributed by atoms with Crippen molar-refractivity contribution in [3.05, 3.63) is 118 Å². The van der Waals surface area contributed by atoms with Crippen molar-refractivity contribution in [2.45, 2.75) is 88.1 Å². The van der Waals surface area contributed by atoms with Gasteiger partial charge < -0.3 is 19.8 Å². The quantitative estimate of drug-likeness (QED) is 0.133. The second-order valence-electron chi connectivity index (χ2n) is 13.4. The van der Waals surface area contributed by atoms with Crippen molar-refractivity contribution < 1.29 is 26.7 Å². The number of carbonyl (C=O) groups excluding carboxylic acids is 1. The lowest BCUT2D eigenvalue weighted by atomic mass is 9.99. The van der Waals surface area contributed by atoms with Crippen LogP contribution in [0.25, 0.3) is 11.1 Å². The van der Waals surface area contributed by atoms with Crippen molar-refractivity contribution in [2.24, 2.45) is 0 Å². The zero-order chi connectivity index (χ0) is 35.6. The number of nitrogens with zero attached hydrogens (tertiary/aromatic N) is 3. The third kappa shape index (κ3) is 7.99. The molecule has 4 aromatic rings. The van der Waals surface area contributed by atoms with Gasteiger partial charge in [0.2, 0.25) is 5.91 Å². The van der Waals surface area contributed by atoms with Gasteiger partial charge in [0.1, 0.15) is 6.54 Å². The summed E-state index contributed by atoms with van der Waals surface area (Å²) >= 11 is 1.30. The van der Waals surface area contributed by atoms with Gasteiger partial charge in [-0.05, 0) is 92.5 Å². The molecule has 1 aliphatic carbocycles. The first-order valence-electron chi connectivity index (χ1n) is 17.0. The molecule has 0 radical (unpaired) electrons. The summed E-state index contributed by atoms with van der Waals surface area (Å²) in [7, 11) is 0. The van der Waals surface area contributed by atoms with E-state index in [0.717, 1.165) is 85.8 Å². The Kier molecular flexibility index (Phi) is 10.8. The smallest absolute Gasteiger partial charge is 0.334 e. The molecule has 0 saturated carbocycles. The van der Waals surface area contributed by atoms with Crippen LogP contribution in [0.4, 0.5) is 22.0 Å². The standard InChI is InChI=1S/C39H41F5N4OS/c1-25(2)46-19-17-31(18-20-46)47(22-26-9-11-27(12-10-26)28-13-15-30(16-14-28)39(42,43)44)36(49)23-48-35-8-4-6-32(35)34(45)21-37(48)50-24-29-5-3-7-33(40)38(29)41/h3,5,7,9-16,21,25,31,45H,4,6,8,17-20,22-24H2,1-2H3. The summed E-state index contributed by atoms with van der Waals surface area (Å²) in [6.45, 7) is 6.51. The van der Waals surface area contributed by atoms with E-state index in [1.165, 1.54) is 30.0 Å². The number of amides is 1. The lowest BCUT2D eigenvalue weighted by Crippen LogP contribution is -2.49. The largest absolute Gasteiger partial charge is 0.416 e. The average Bonchev–Trinajstić information content (AvgIpc) is 3.60. The number of hydrogen-bond donors (Lipinski definition) is 1. The number of alkyl halides is 3. The van der Waals surface area contributed by atoms with Crippen LogP contribution in [-0.2, 0) is 42.7 Å². The van der Waals surface area contributed by atoms with Gasteiger partial charge in [0.25, 0.3) is 0 Å². The van der Waals surface area contributed by atoms with Crippen LogP contribution in [0.5, 0.6) is 0 Å². The van der Waals surface area contributed by atoms with Gasteiger partial charge in [-0.15, -0.1) is 11.8 Å². The molecule has 0 atom stereocenters. The minimum absolute atomic E-state index is 0.00804. The van der Waals surface area contributed by atoms with Crippen LogP contribution in [0.2, 0.25) is 0 Å². The maximum Gasteiger partial charge on any atom is 0.416 e. The molecule has 1 saturated heterocycles. The predicted molar refractivity (Wildman–Crippen MR) is 185 cm³/mol. The molecular formula is C39H41F5N4OS. The Morgan fingerprint density at radius 2 is 1.62 bits per heavy atom. The Morgan fingerprint density at radius 3 is 2.26 bits per heavy atom. The summed E-state index contributed by atoms with van der Waals surface area (Å²) < 4.78 is 69.7. The molecule has 3 aromatic carbocycles. The lowest BCUT2D eigenvalue weighted by Gasteiger charge is -2.40. The summed E-state index contributed by atoms with van der Waals surface area (Å²) in [4.78, 5) is 18.8. The number of nitrogens with one attached hydrogen (secondary N) is 1. The minimum atomic E-state index is -4.40. The third-order valence-corrected chi connectivity index (χ3v) is 11.0. The van der Waals surface area contributed by atoms with E-state index < -0.39 is 23.4 Å². The summed E-state index contributed by atoms with van der Waals surface area (Å²) in [5.74, 6) is -1.71. The zero-order valence-electron chi connectivity index (χ0n) is 28.2. The van der Waals surface area contributed by atoms with E-state index in [9.17, 15) is 26.7 Å². The first-order chi connectivity index (χ1) is 23.9. The second kappa shape index (κ2) is 15.1. The van der Waals surface area contributed by atoms with Crippen molar-refractivity contribution in [3.8, 4) is 11.1 Å². The fourth-order valence-corrected chi connectivity index (χ4v) is 8.11. The number of piperidine rings is 1. The van der Waals surface area contributed by atoms with E-state index in [-0.39, 0.29) is 29.8 Å². The van der Waals surface area contributed by atoms with Gasteiger partial charge in [0.15, 0.2) is 11.6 Å².